The van der Waals surface area contributed by atoms with Crippen LogP contribution in [0.4, 0.5) is 11.4 Å². The van der Waals surface area contributed by atoms with E-state index in [4.69, 9.17) is 28.4 Å². The molecule has 1 aromatic rings. The summed E-state index contributed by atoms with van der Waals surface area (Å²) in [7, 11) is 0. The summed E-state index contributed by atoms with van der Waals surface area (Å²) in [5.41, 5.74) is -0.304. The first-order valence-electron chi connectivity index (χ1n) is 13.1. The van der Waals surface area contributed by atoms with Gasteiger partial charge >= 0.3 is 51.4 Å². The van der Waals surface area contributed by atoms with Crippen molar-refractivity contribution in [3.63, 3.8) is 0 Å². The van der Waals surface area contributed by atoms with Crippen LogP contribution in [-0.2, 0) is 28.4 Å². The predicted octanol–water partition coefficient (Wildman–Crippen LogP) is -4.61. The van der Waals surface area contributed by atoms with Crippen LogP contribution >= 0.6 is 0 Å². The maximum Gasteiger partial charge on any atom is 1.00 e. The van der Waals surface area contributed by atoms with Gasteiger partial charge in [0.2, 0.25) is 0 Å². The van der Waals surface area contributed by atoms with Crippen molar-refractivity contribution >= 4 is 11.4 Å². The third kappa shape index (κ3) is 18.4. The van der Waals surface area contributed by atoms with Crippen LogP contribution in [0.15, 0.2) is 24.3 Å². The Bertz CT molecular complexity index is 667. The molecular weight excluding hydrogens is 543 g/mol. The second kappa shape index (κ2) is 24.0. The average molecular weight is 586 g/mol. The monoisotopic (exact) mass is 585 g/mol. The summed E-state index contributed by atoms with van der Waals surface area (Å²) < 4.78 is 34.4. The van der Waals surface area contributed by atoms with Crippen molar-refractivity contribution in [2.75, 3.05) is 119 Å². The van der Waals surface area contributed by atoms with E-state index < -0.39 is 9.85 Å². The van der Waals surface area contributed by atoms with Crippen LogP contribution in [0.1, 0.15) is 0 Å². The molecule has 0 radical (unpaired) electrons. The number of fused-ring (bicyclic) bond motifs is 21. The Kier molecular flexibility index (Phi) is 22.4. The summed E-state index contributed by atoms with van der Waals surface area (Å²) in [6.45, 7) is 14.1. The van der Waals surface area contributed by atoms with Crippen LogP contribution in [0.25, 0.3) is 0 Å². The van der Waals surface area contributed by atoms with Crippen molar-refractivity contribution in [1.29, 1.82) is 0 Å². The molecule has 4 rings (SSSR count). The Morgan fingerprint density at radius 2 is 0.667 bits per heavy atom. The van der Waals surface area contributed by atoms with E-state index in [-0.39, 0.29) is 62.8 Å². The Morgan fingerprint density at radius 1 is 0.462 bits per heavy atom. The third-order valence-corrected chi connectivity index (χ3v) is 5.99. The second-order valence-electron chi connectivity index (χ2n) is 8.70. The van der Waals surface area contributed by atoms with Gasteiger partial charge in [0.25, 0.3) is 11.4 Å². The maximum absolute atomic E-state index is 10.1. The SMILES string of the molecule is C1COCC[NH+]2CCOCCOCC[NH+](CCO1)CCOCCOCC2.O=[N+]([O-])c1ccc([N+](=O)[O-])cc1.[K+]. The molecule has 0 aliphatic carbocycles. The molecule has 14 nitrogen and oxygen atoms in total. The predicted molar refractivity (Wildman–Crippen MR) is 136 cm³/mol. The molecule has 0 amide bonds. The zero-order valence-electron chi connectivity index (χ0n) is 23.0. The molecule has 0 saturated carbocycles. The van der Waals surface area contributed by atoms with E-state index in [2.05, 4.69) is 0 Å². The molecule has 3 fully saturated rings. The fourth-order valence-electron chi connectivity index (χ4n) is 3.71. The van der Waals surface area contributed by atoms with E-state index in [0.29, 0.717) is 39.6 Å². The molecule has 39 heavy (non-hydrogen) atoms. The molecule has 2 N–H and O–H groups in total. The van der Waals surface area contributed by atoms with E-state index in [1.165, 1.54) is 9.80 Å². The van der Waals surface area contributed by atoms with Gasteiger partial charge in [-0.1, -0.05) is 0 Å². The standard InChI is InChI=1S/C18H36N2O6.C6H4N2O4.K/c1-7-21-13-14-24-10-4-20-5-11-25-17-15-22-8-2-19(1)3-9-23-16-18-26-12-6-20;9-7(10)5-1-2-6(4-3-5)8(11)12;/h1-18H2;1-4H;/q;;+1/p+2. The van der Waals surface area contributed by atoms with Crippen LogP contribution in [0.5, 0.6) is 0 Å². The van der Waals surface area contributed by atoms with Crippen molar-refractivity contribution in [2.45, 2.75) is 0 Å². The summed E-state index contributed by atoms with van der Waals surface area (Å²) in [6, 6.07) is 4.38. The summed E-state index contributed by atoms with van der Waals surface area (Å²) >= 11 is 0. The van der Waals surface area contributed by atoms with Crippen LogP contribution in [0, 0.1) is 20.2 Å². The van der Waals surface area contributed by atoms with Crippen LogP contribution in [-0.4, -0.2) is 128 Å². The Labute approximate surface area is 271 Å². The Hall–Kier alpha value is -0.664. The van der Waals surface area contributed by atoms with E-state index in [1.54, 1.807) is 0 Å². The summed E-state index contributed by atoms with van der Waals surface area (Å²) in [5.74, 6) is 0. The summed E-state index contributed by atoms with van der Waals surface area (Å²) in [6.07, 6.45) is 0. The quantitative estimate of drug-likeness (QED) is 0.197. The Balaban J connectivity index is 0.000000492. The van der Waals surface area contributed by atoms with Crippen LogP contribution < -0.4 is 61.2 Å². The van der Waals surface area contributed by atoms with Crippen molar-refractivity contribution in [3.8, 4) is 0 Å². The van der Waals surface area contributed by atoms with E-state index in [1.807, 2.05) is 0 Å². The number of rotatable bonds is 2. The van der Waals surface area contributed by atoms with E-state index >= 15 is 0 Å². The summed E-state index contributed by atoms with van der Waals surface area (Å²) in [4.78, 5) is 21.9. The smallest absolute Gasteiger partial charge is 0.373 e. The molecule has 2 bridgehead atoms. The molecule has 0 atom stereocenters. The van der Waals surface area contributed by atoms with Crippen molar-refractivity contribution in [1.82, 2.24) is 0 Å². The molecule has 15 heteroatoms. The first-order valence-corrected chi connectivity index (χ1v) is 13.1. The topological polar surface area (TPSA) is 151 Å². The maximum atomic E-state index is 10.1. The number of non-ortho nitro benzene ring substituents is 2. The zero-order chi connectivity index (χ0) is 27.3. The van der Waals surface area contributed by atoms with E-state index in [0.717, 1.165) is 103 Å². The minimum absolute atomic E-state index is 0. The summed E-state index contributed by atoms with van der Waals surface area (Å²) in [5, 5.41) is 20.2. The van der Waals surface area contributed by atoms with Crippen molar-refractivity contribution < 1.29 is 99.5 Å². The van der Waals surface area contributed by atoms with Gasteiger partial charge in [0.05, 0.1) is 89.1 Å². The number of ether oxygens (including phenoxy) is 6. The van der Waals surface area contributed by atoms with Gasteiger partial charge in [0.15, 0.2) is 0 Å². The molecule has 1 aromatic carbocycles. The van der Waals surface area contributed by atoms with Gasteiger partial charge in [0, 0.05) is 24.3 Å². The molecule has 0 unspecified atom stereocenters. The third-order valence-electron chi connectivity index (χ3n) is 5.99. The molecule has 3 heterocycles. The average Bonchev–Trinajstić information content (AvgIpc) is 2.91. The molecule has 0 spiro atoms. The van der Waals surface area contributed by atoms with Crippen molar-refractivity contribution in [3.05, 3.63) is 44.5 Å². The number of nitrogens with zero attached hydrogens (tertiary/aromatic N) is 2. The normalized spacial score (nSPS) is 23.2. The molecule has 3 saturated heterocycles. The minimum atomic E-state index is -0.607. The van der Waals surface area contributed by atoms with Gasteiger partial charge in [-0.2, -0.15) is 0 Å². The fourth-order valence-corrected chi connectivity index (χ4v) is 3.71. The van der Waals surface area contributed by atoms with Gasteiger partial charge in [-0.15, -0.1) is 0 Å². The number of hydrogen-bond acceptors (Lipinski definition) is 10. The number of benzene rings is 1. The molecular formula is C24H42KN4O10+3. The first-order chi connectivity index (χ1) is 18.6. The number of nitro benzene ring substituents is 2. The van der Waals surface area contributed by atoms with Gasteiger partial charge in [-0.25, -0.2) is 0 Å². The first kappa shape index (κ1) is 36.4. The van der Waals surface area contributed by atoms with Crippen LogP contribution in [0.2, 0.25) is 0 Å². The van der Waals surface area contributed by atoms with Gasteiger partial charge in [-0.05, 0) is 0 Å². The van der Waals surface area contributed by atoms with Crippen LogP contribution in [0.3, 0.4) is 0 Å². The van der Waals surface area contributed by atoms with Gasteiger partial charge < -0.3 is 38.2 Å². The zero-order valence-corrected chi connectivity index (χ0v) is 26.1. The van der Waals surface area contributed by atoms with Gasteiger partial charge in [0.1, 0.15) is 39.3 Å². The van der Waals surface area contributed by atoms with E-state index in [9.17, 15) is 20.2 Å². The molecule has 3 aliphatic heterocycles. The van der Waals surface area contributed by atoms with Crippen molar-refractivity contribution in [2.24, 2.45) is 0 Å². The minimum Gasteiger partial charge on any atom is -0.373 e. The number of quaternary nitrogens is 2. The van der Waals surface area contributed by atoms with Gasteiger partial charge in [-0.3, -0.25) is 20.2 Å². The molecule has 0 aromatic heterocycles. The largest absolute Gasteiger partial charge is 1.00 e. The number of nitro groups is 2. The molecule has 3 aliphatic rings. The molecule has 216 valence electrons. The fraction of sp³-hybridized carbons (Fsp3) is 0.750. The second-order valence-corrected chi connectivity index (χ2v) is 8.70. The number of nitrogens with one attached hydrogen (secondary N) is 2. The number of hydrogen-bond donors (Lipinski definition) is 2. The Morgan fingerprint density at radius 3 is 0.846 bits per heavy atom.